The van der Waals surface area contributed by atoms with Gasteiger partial charge in [-0.1, -0.05) is 23.8 Å². The van der Waals surface area contributed by atoms with E-state index in [1.165, 1.54) is 22.3 Å². The maximum atomic E-state index is 4.39. The summed E-state index contributed by atoms with van der Waals surface area (Å²) in [5, 5.41) is 6.72. The number of hydrogen-bond acceptors (Lipinski definition) is 4. The van der Waals surface area contributed by atoms with Crippen LogP contribution in [0.5, 0.6) is 0 Å². The van der Waals surface area contributed by atoms with Gasteiger partial charge in [-0.25, -0.2) is 9.97 Å². The number of nitrogens with one attached hydrogen (secondary N) is 1. The Bertz CT molecular complexity index is 762. The Balaban J connectivity index is 1.90. The van der Waals surface area contributed by atoms with Crippen LogP contribution in [0.1, 0.15) is 22.3 Å². The van der Waals surface area contributed by atoms with Crippen LogP contribution in [-0.4, -0.2) is 9.97 Å². The predicted molar refractivity (Wildman–Crippen MR) is 85.4 cm³/mol. The summed E-state index contributed by atoms with van der Waals surface area (Å²) in [6, 6.07) is 6.53. The fourth-order valence-electron chi connectivity index (χ4n) is 2.32. The summed E-state index contributed by atoms with van der Waals surface area (Å²) >= 11 is 1.66. The molecule has 0 spiro atoms. The normalized spacial score (nSPS) is 10.9. The first-order valence-electron chi connectivity index (χ1n) is 6.64. The highest BCUT2D eigenvalue weighted by Crippen LogP contribution is 2.28. The highest BCUT2D eigenvalue weighted by atomic mass is 32.1. The average Bonchev–Trinajstić information content (AvgIpc) is 2.82. The lowest BCUT2D eigenvalue weighted by Crippen LogP contribution is -2.04. The molecule has 0 aliphatic heterocycles. The third-order valence-electron chi connectivity index (χ3n) is 3.51. The van der Waals surface area contributed by atoms with Crippen LogP contribution in [0.2, 0.25) is 0 Å². The Kier molecular flexibility index (Phi) is 3.40. The standard InChI is InChI=1S/C16H17N3S/c1-10-4-5-11(2)13(6-10)7-17-15-14-12(3)8-20-16(14)19-9-18-15/h4-6,8-9H,7H2,1-3H3,(H,17,18,19). The number of hydrogen-bond donors (Lipinski definition) is 1. The summed E-state index contributed by atoms with van der Waals surface area (Å²) in [4.78, 5) is 9.75. The Morgan fingerprint density at radius 1 is 1.10 bits per heavy atom. The van der Waals surface area contributed by atoms with Crippen molar-refractivity contribution in [3.63, 3.8) is 0 Å². The van der Waals surface area contributed by atoms with Crippen LogP contribution in [-0.2, 0) is 6.54 Å². The van der Waals surface area contributed by atoms with Crippen molar-refractivity contribution in [2.45, 2.75) is 27.3 Å². The second kappa shape index (κ2) is 5.21. The zero-order valence-electron chi connectivity index (χ0n) is 11.9. The van der Waals surface area contributed by atoms with Crippen molar-refractivity contribution in [2.24, 2.45) is 0 Å². The van der Waals surface area contributed by atoms with Crippen LogP contribution >= 0.6 is 11.3 Å². The fourth-order valence-corrected chi connectivity index (χ4v) is 3.21. The minimum absolute atomic E-state index is 0.787. The zero-order chi connectivity index (χ0) is 14.1. The van der Waals surface area contributed by atoms with Gasteiger partial charge >= 0.3 is 0 Å². The van der Waals surface area contributed by atoms with Gasteiger partial charge in [-0.3, -0.25) is 0 Å². The van der Waals surface area contributed by atoms with Crippen LogP contribution in [0.3, 0.4) is 0 Å². The lowest BCUT2D eigenvalue weighted by atomic mass is 10.1. The molecule has 3 nitrogen and oxygen atoms in total. The van der Waals surface area contributed by atoms with E-state index < -0.39 is 0 Å². The van der Waals surface area contributed by atoms with Gasteiger partial charge in [0.15, 0.2) is 0 Å². The van der Waals surface area contributed by atoms with E-state index in [4.69, 9.17) is 0 Å². The maximum absolute atomic E-state index is 4.39. The Labute approximate surface area is 122 Å². The molecule has 0 unspecified atom stereocenters. The fraction of sp³-hybridized carbons (Fsp3) is 0.250. The number of fused-ring (bicyclic) bond motifs is 1. The van der Waals surface area contributed by atoms with Crippen molar-refractivity contribution in [2.75, 3.05) is 5.32 Å². The second-order valence-electron chi connectivity index (χ2n) is 5.10. The first kappa shape index (κ1) is 13.1. The molecule has 2 aromatic heterocycles. The Morgan fingerprint density at radius 2 is 1.95 bits per heavy atom. The van der Waals surface area contributed by atoms with Gasteiger partial charge in [0.05, 0.1) is 5.39 Å². The van der Waals surface area contributed by atoms with Crippen LogP contribution in [0.4, 0.5) is 5.82 Å². The molecule has 0 saturated heterocycles. The predicted octanol–water partition coefficient (Wildman–Crippen LogP) is 4.23. The average molecular weight is 283 g/mol. The van der Waals surface area contributed by atoms with Crippen LogP contribution in [0, 0.1) is 20.8 Å². The number of anilines is 1. The molecule has 20 heavy (non-hydrogen) atoms. The van der Waals surface area contributed by atoms with Gasteiger partial charge < -0.3 is 5.32 Å². The number of aryl methyl sites for hydroxylation is 3. The number of nitrogens with zero attached hydrogens (tertiary/aromatic N) is 2. The number of benzene rings is 1. The molecule has 0 atom stereocenters. The first-order valence-corrected chi connectivity index (χ1v) is 7.52. The minimum Gasteiger partial charge on any atom is -0.365 e. The van der Waals surface area contributed by atoms with Crippen molar-refractivity contribution in [1.29, 1.82) is 0 Å². The Morgan fingerprint density at radius 3 is 2.80 bits per heavy atom. The summed E-state index contributed by atoms with van der Waals surface area (Å²) < 4.78 is 0. The van der Waals surface area contributed by atoms with Crippen LogP contribution in [0.15, 0.2) is 29.9 Å². The molecule has 4 heteroatoms. The van der Waals surface area contributed by atoms with E-state index >= 15 is 0 Å². The zero-order valence-corrected chi connectivity index (χ0v) is 12.7. The monoisotopic (exact) mass is 283 g/mol. The van der Waals surface area contributed by atoms with Gasteiger partial charge in [-0.05, 0) is 42.8 Å². The molecular weight excluding hydrogens is 266 g/mol. The van der Waals surface area contributed by atoms with E-state index in [0.29, 0.717) is 0 Å². The number of aromatic nitrogens is 2. The van der Waals surface area contributed by atoms with Crippen molar-refractivity contribution in [1.82, 2.24) is 9.97 Å². The summed E-state index contributed by atoms with van der Waals surface area (Å²) in [6.45, 7) is 7.15. The molecule has 0 aliphatic rings. The summed E-state index contributed by atoms with van der Waals surface area (Å²) in [5.74, 6) is 0.926. The van der Waals surface area contributed by atoms with Crippen molar-refractivity contribution in [3.05, 3.63) is 52.2 Å². The molecule has 0 fully saturated rings. The third kappa shape index (κ3) is 2.39. The quantitative estimate of drug-likeness (QED) is 0.781. The van der Waals surface area contributed by atoms with Gasteiger partial charge in [0, 0.05) is 6.54 Å². The Hall–Kier alpha value is -1.94. The molecule has 0 radical (unpaired) electrons. The lowest BCUT2D eigenvalue weighted by Gasteiger charge is -2.10. The topological polar surface area (TPSA) is 37.8 Å². The molecule has 2 heterocycles. The van der Waals surface area contributed by atoms with Gasteiger partial charge in [-0.15, -0.1) is 11.3 Å². The molecule has 1 aromatic carbocycles. The summed E-state index contributed by atoms with van der Waals surface area (Å²) in [7, 11) is 0. The van der Waals surface area contributed by atoms with Crippen LogP contribution in [0.25, 0.3) is 10.2 Å². The van der Waals surface area contributed by atoms with E-state index in [-0.39, 0.29) is 0 Å². The maximum Gasteiger partial charge on any atom is 0.138 e. The van der Waals surface area contributed by atoms with Gasteiger partial charge in [0.2, 0.25) is 0 Å². The van der Waals surface area contributed by atoms with Crippen LogP contribution < -0.4 is 5.32 Å². The van der Waals surface area contributed by atoms with E-state index in [1.807, 2.05) is 0 Å². The van der Waals surface area contributed by atoms with Gasteiger partial charge in [0.1, 0.15) is 17.0 Å². The summed E-state index contributed by atoms with van der Waals surface area (Å²) in [5.41, 5.74) is 5.13. The minimum atomic E-state index is 0.787. The second-order valence-corrected chi connectivity index (χ2v) is 5.96. The van der Waals surface area contributed by atoms with Crippen molar-refractivity contribution < 1.29 is 0 Å². The lowest BCUT2D eigenvalue weighted by molar-refractivity contribution is 1.08. The molecule has 3 rings (SSSR count). The summed E-state index contributed by atoms with van der Waals surface area (Å²) in [6.07, 6.45) is 1.63. The molecule has 0 saturated carbocycles. The van der Waals surface area contributed by atoms with Crippen molar-refractivity contribution >= 4 is 27.4 Å². The molecule has 3 aromatic rings. The molecule has 0 amide bonds. The van der Waals surface area contributed by atoms with Gasteiger partial charge in [0.25, 0.3) is 0 Å². The highest BCUT2D eigenvalue weighted by Gasteiger charge is 2.08. The van der Waals surface area contributed by atoms with E-state index in [9.17, 15) is 0 Å². The molecular formula is C16H17N3S. The van der Waals surface area contributed by atoms with Gasteiger partial charge in [-0.2, -0.15) is 0 Å². The molecule has 0 bridgehead atoms. The van der Waals surface area contributed by atoms with Crippen molar-refractivity contribution in [3.8, 4) is 0 Å². The SMILES string of the molecule is Cc1ccc(C)c(CNc2ncnc3scc(C)c23)c1. The number of rotatable bonds is 3. The third-order valence-corrected chi connectivity index (χ3v) is 4.51. The largest absolute Gasteiger partial charge is 0.365 e. The van der Waals surface area contributed by atoms with E-state index in [0.717, 1.165) is 22.6 Å². The molecule has 0 aliphatic carbocycles. The highest BCUT2D eigenvalue weighted by molar-refractivity contribution is 7.17. The number of thiophene rings is 1. The first-order chi connectivity index (χ1) is 9.65. The smallest absolute Gasteiger partial charge is 0.138 e. The van der Waals surface area contributed by atoms with E-state index in [1.54, 1.807) is 17.7 Å². The van der Waals surface area contributed by atoms with E-state index in [2.05, 4.69) is 59.6 Å². The molecule has 1 N–H and O–H groups in total. The molecule has 102 valence electrons.